The molecular formula is C22H22N6O2S3. The van der Waals surface area contributed by atoms with E-state index in [-0.39, 0.29) is 23.3 Å². The van der Waals surface area contributed by atoms with E-state index in [1.807, 2.05) is 74.5 Å². The lowest BCUT2D eigenvalue weighted by molar-refractivity contribution is -0.119. The number of carbonyl (C=O) groups is 2. The number of benzene rings is 2. The molecule has 11 heteroatoms. The minimum atomic E-state index is -0.231. The van der Waals surface area contributed by atoms with Crippen LogP contribution in [0.1, 0.15) is 25.0 Å². The second-order valence-electron chi connectivity index (χ2n) is 6.61. The molecule has 0 aliphatic carbocycles. The lowest BCUT2D eigenvalue weighted by Gasteiger charge is -2.02. The molecule has 0 atom stereocenters. The van der Waals surface area contributed by atoms with Crippen molar-refractivity contribution < 1.29 is 9.59 Å². The summed E-state index contributed by atoms with van der Waals surface area (Å²) < 4.78 is 1.30. The van der Waals surface area contributed by atoms with Gasteiger partial charge in [-0.1, -0.05) is 95.5 Å². The van der Waals surface area contributed by atoms with E-state index in [0.717, 1.165) is 22.6 Å². The predicted molar refractivity (Wildman–Crippen MR) is 135 cm³/mol. The molecule has 0 bridgehead atoms. The number of rotatable bonds is 10. The molecule has 0 aliphatic heterocycles. The Morgan fingerprint density at radius 2 is 1.15 bits per heavy atom. The first-order chi connectivity index (χ1) is 16.0. The quantitative estimate of drug-likeness (QED) is 0.250. The number of thioether (sulfide) groups is 2. The maximum absolute atomic E-state index is 12.1. The van der Waals surface area contributed by atoms with Crippen LogP contribution in [0.4, 0.5) is 0 Å². The second kappa shape index (κ2) is 12.9. The van der Waals surface area contributed by atoms with Gasteiger partial charge in [0.15, 0.2) is 8.68 Å². The molecule has 0 unspecified atom stereocenters. The molecule has 2 N–H and O–H groups in total. The highest BCUT2D eigenvalue weighted by Gasteiger charge is 2.10. The second-order valence-corrected chi connectivity index (χ2v) is 10.0. The van der Waals surface area contributed by atoms with Gasteiger partial charge in [-0.3, -0.25) is 9.59 Å². The lowest BCUT2D eigenvalue weighted by atomic mass is 10.1. The van der Waals surface area contributed by atoms with Gasteiger partial charge in [0.1, 0.15) is 0 Å². The topological polar surface area (TPSA) is 109 Å². The van der Waals surface area contributed by atoms with Crippen molar-refractivity contribution in [2.24, 2.45) is 10.2 Å². The van der Waals surface area contributed by atoms with Gasteiger partial charge in [-0.2, -0.15) is 10.2 Å². The summed E-state index contributed by atoms with van der Waals surface area (Å²) in [6.45, 7) is 3.67. The Morgan fingerprint density at radius 1 is 0.758 bits per heavy atom. The zero-order valence-corrected chi connectivity index (χ0v) is 20.5. The van der Waals surface area contributed by atoms with Crippen LogP contribution in [0.2, 0.25) is 0 Å². The summed E-state index contributed by atoms with van der Waals surface area (Å²) in [5.41, 5.74) is 8.44. The van der Waals surface area contributed by atoms with Gasteiger partial charge in [0.2, 0.25) is 0 Å². The van der Waals surface area contributed by atoms with E-state index in [0.29, 0.717) is 8.68 Å². The fourth-order valence-electron chi connectivity index (χ4n) is 2.41. The Labute approximate surface area is 204 Å². The van der Waals surface area contributed by atoms with Gasteiger partial charge < -0.3 is 0 Å². The maximum atomic E-state index is 12.1. The Balaban J connectivity index is 1.39. The predicted octanol–water partition coefficient (Wildman–Crippen LogP) is 3.80. The standard InChI is InChI=1S/C22H22N6O2S3/c1-15(17-9-5-3-6-10-17)23-25-19(29)13-31-21-27-28-22(33-21)32-14-20(30)26-24-16(2)18-11-7-4-8-12-18/h3-12H,13-14H2,1-2H3,(H,25,29)(H,26,30). The van der Waals surface area contributed by atoms with Crippen molar-refractivity contribution in [3.63, 3.8) is 0 Å². The van der Waals surface area contributed by atoms with Crippen LogP contribution in [0.15, 0.2) is 79.5 Å². The third-order valence-corrected chi connectivity index (χ3v) is 7.31. The van der Waals surface area contributed by atoms with Crippen LogP contribution >= 0.6 is 34.9 Å². The van der Waals surface area contributed by atoms with E-state index in [9.17, 15) is 9.59 Å². The Morgan fingerprint density at radius 3 is 1.55 bits per heavy atom. The molecular weight excluding hydrogens is 476 g/mol. The van der Waals surface area contributed by atoms with Crippen molar-refractivity contribution in [3.05, 3.63) is 71.8 Å². The summed E-state index contributed by atoms with van der Waals surface area (Å²) in [6, 6.07) is 19.2. The first-order valence-electron chi connectivity index (χ1n) is 9.87. The largest absolute Gasteiger partial charge is 0.272 e. The molecule has 3 rings (SSSR count). The molecule has 33 heavy (non-hydrogen) atoms. The molecule has 0 aliphatic rings. The van der Waals surface area contributed by atoms with Crippen LogP contribution in [0.25, 0.3) is 0 Å². The Kier molecular flexibility index (Phi) is 9.60. The molecule has 0 saturated heterocycles. The summed E-state index contributed by atoms with van der Waals surface area (Å²) in [5.74, 6) is -0.131. The van der Waals surface area contributed by atoms with E-state index >= 15 is 0 Å². The number of nitrogens with zero attached hydrogens (tertiary/aromatic N) is 4. The van der Waals surface area contributed by atoms with Crippen molar-refractivity contribution in [1.82, 2.24) is 21.0 Å². The number of amides is 2. The highest BCUT2D eigenvalue weighted by molar-refractivity contribution is 8.03. The van der Waals surface area contributed by atoms with Crippen molar-refractivity contribution in [3.8, 4) is 0 Å². The first kappa shape index (κ1) is 24.6. The summed E-state index contributed by atoms with van der Waals surface area (Å²) in [6.07, 6.45) is 0. The van der Waals surface area contributed by atoms with Crippen molar-refractivity contribution >= 4 is 58.1 Å². The minimum Gasteiger partial charge on any atom is -0.272 e. The van der Waals surface area contributed by atoms with Crippen molar-refractivity contribution in [2.45, 2.75) is 22.5 Å². The summed E-state index contributed by atoms with van der Waals surface area (Å²) in [5, 5.41) is 16.4. The van der Waals surface area contributed by atoms with Gasteiger partial charge in [-0.05, 0) is 25.0 Å². The van der Waals surface area contributed by atoms with Crippen molar-refractivity contribution in [2.75, 3.05) is 11.5 Å². The molecule has 2 amide bonds. The molecule has 1 aromatic heterocycles. The zero-order valence-electron chi connectivity index (χ0n) is 18.0. The minimum absolute atomic E-state index is 0.166. The first-order valence-corrected chi connectivity index (χ1v) is 12.7. The Bertz CT molecular complexity index is 1050. The number of carbonyl (C=O) groups excluding carboxylic acids is 2. The summed E-state index contributed by atoms with van der Waals surface area (Å²) >= 11 is 3.87. The van der Waals surface area contributed by atoms with Gasteiger partial charge in [0, 0.05) is 0 Å². The normalized spacial score (nSPS) is 11.8. The molecule has 0 spiro atoms. The van der Waals surface area contributed by atoms with Crippen LogP contribution < -0.4 is 10.9 Å². The molecule has 2 aromatic carbocycles. The van der Waals surface area contributed by atoms with E-state index in [2.05, 4.69) is 31.3 Å². The van der Waals surface area contributed by atoms with Crippen LogP contribution in [0.5, 0.6) is 0 Å². The number of aromatic nitrogens is 2. The highest BCUT2D eigenvalue weighted by atomic mass is 32.2. The van der Waals surface area contributed by atoms with Crippen LogP contribution in [0.3, 0.4) is 0 Å². The average molecular weight is 499 g/mol. The number of nitrogens with one attached hydrogen (secondary N) is 2. The van der Waals surface area contributed by atoms with E-state index in [1.165, 1.54) is 34.9 Å². The van der Waals surface area contributed by atoms with Gasteiger partial charge in [-0.25, -0.2) is 10.9 Å². The number of hydrazone groups is 2. The van der Waals surface area contributed by atoms with Gasteiger partial charge in [0.05, 0.1) is 22.9 Å². The van der Waals surface area contributed by atoms with Crippen LogP contribution in [-0.2, 0) is 9.59 Å². The monoisotopic (exact) mass is 498 g/mol. The third-order valence-electron chi connectivity index (χ3n) is 4.12. The number of hydrogen-bond acceptors (Lipinski definition) is 9. The van der Waals surface area contributed by atoms with Crippen LogP contribution in [0, 0.1) is 0 Å². The molecule has 0 saturated carbocycles. The van der Waals surface area contributed by atoms with E-state index in [1.54, 1.807) is 0 Å². The SMILES string of the molecule is CC(=NNC(=O)CSc1nnc(SCC(=O)NN=C(C)c2ccccc2)s1)c1ccccc1. The smallest absolute Gasteiger partial charge is 0.250 e. The fraction of sp³-hybridized carbons (Fsp3) is 0.182. The maximum Gasteiger partial charge on any atom is 0.250 e. The van der Waals surface area contributed by atoms with Gasteiger partial charge in [0.25, 0.3) is 11.8 Å². The molecule has 8 nitrogen and oxygen atoms in total. The summed E-state index contributed by atoms with van der Waals surface area (Å²) in [7, 11) is 0. The highest BCUT2D eigenvalue weighted by Crippen LogP contribution is 2.28. The fourth-order valence-corrected chi connectivity index (χ4v) is 5.02. The average Bonchev–Trinajstić information content (AvgIpc) is 3.32. The molecule has 3 aromatic rings. The molecule has 170 valence electrons. The molecule has 1 heterocycles. The molecule has 0 radical (unpaired) electrons. The Hall–Kier alpha value is -3.02. The van der Waals surface area contributed by atoms with Crippen LogP contribution in [-0.4, -0.2) is 44.9 Å². The third kappa shape index (κ3) is 8.44. The van der Waals surface area contributed by atoms with Crippen molar-refractivity contribution in [1.29, 1.82) is 0 Å². The number of hydrogen-bond donors (Lipinski definition) is 2. The van der Waals surface area contributed by atoms with E-state index < -0.39 is 0 Å². The van der Waals surface area contributed by atoms with Gasteiger partial charge in [-0.15, -0.1) is 10.2 Å². The molecule has 0 fully saturated rings. The summed E-state index contributed by atoms with van der Waals surface area (Å²) in [4.78, 5) is 24.1. The lowest BCUT2D eigenvalue weighted by Crippen LogP contribution is -2.21. The zero-order chi connectivity index (χ0) is 23.5. The van der Waals surface area contributed by atoms with E-state index in [4.69, 9.17) is 0 Å². The van der Waals surface area contributed by atoms with Gasteiger partial charge >= 0.3 is 0 Å².